The average molecular weight is 399 g/mol. The minimum Gasteiger partial charge on any atom is -0.493 e. The number of hydrogen-bond donors (Lipinski definition) is 1. The molecule has 0 saturated carbocycles. The molecule has 0 unspecified atom stereocenters. The van der Waals surface area contributed by atoms with E-state index in [1.54, 1.807) is 30.3 Å². The molecular formula is C20H24F3NO4. The Morgan fingerprint density at radius 1 is 1.00 bits per heavy atom. The molecule has 1 N–H and O–H groups in total. The van der Waals surface area contributed by atoms with Crippen molar-refractivity contribution in [1.82, 2.24) is 5.32 Å². The van der Waals surface area contributed by atoms with Gasteiger partial charge < -0.3 is 24.3 Å². The molecule has 2 aromatic carbocycles. The second kappa shape index (κ2) is 10.2. The third kappa shape index (κ3) is 5.30. The summed E-state index contributed by atoms with van der Waals surface area (Å²) in [5.41, 5.74) is 1.16. The van der Waals surface area contributed by atoms with Crippen molar-refractivity contribution in [2.45, 2.75) is 32.2 Å². The van der Waals surface area contributed by atoms with Crippen molar-refractivity contribution in [3.05, 3.63) is 53.3 Å². The van der Waals surface area contributed by atoms with E-state index in [0.717, 1.165) is 0 Å². The normalized spacial score (nSPS) is 13.3. The molecule has 2 aromatic rings. The lowest BCUT2D eigenvalue weighted by Gasteiger charge is -2.25. The Morgan fingerprint density at radius 2 is 1.61 bits per heavy atom. The van der Waals surface area contributed by atoms with E-state index in [4.69, 9.17) is 14.2 Å². The highest BCUT2D eigenvalue weighted by molar-refractivity contribution is 5.54. The van der Waals surface area contributed by atoms with Crippen molar-refractivity contribution in [3.8, 4) is 17.2 Å². The smallest absolute Gasteiger partial charge is 0.387 e. The molecule has 28 heavy (non-hydrogen) atoms. The molecule has 2 rings (SSSR count). The van der Waals surface area contributed by atoms with Gasteiger partial charge in [0, 0.05) is 25.3 Å². The summed E-state index contributed by atoms with van der Waals surface area (Å²) in [5.74, 6) is -0.263. The van der Waals surface area contributed by atoms with Gasteiger partial charge >= 0.3 is 6.61 Å². The second-order valence-corrected chi connectivity index (χ2v) is 6.06. The summed E-state index contributed by atoms with van der Waals surface area (Å²) in [7, 11) is 4.22. The lowest BCUT2D eigenvalue weighted by atomic mass is 10.0. The van der Waals surface area contributed by atoms with E-state index in [-0.39, 0.29) is 29.1 Å². The van der Waals surface area contributed by atoms with Crippen LogP contribution < -0.4 is 19.5 Å². The number of rotatable bonds is 10. The van der Waals surface area contributed by atoms with Gasteiger partial charge in [-0.1, -0.05) is 18.2 Å². The van der Waals surface area contributed by atoms with Crippen LogP contribution in [0.5, 0.6) is 17.2 Å². The number of benzene rings is 2. The first kappa shape index (κ1) is 21.8. The molecule has 0 aromatic heterocycles. The largest absolute Gasteiger partial charge is 0.493 e. The van der Waals surface area contributed by atoms with E-state index >= 15 is 0 Å². The Labute approximate surface area is 162 Å². The van der Waals surface area contributed by atoms with Crippen molar-refractivity contribution >= 4 is 0 Å². The first-order valence-electron chi connectivity index (χ1n) is 8.61. The maximum atomic E-state index is 14.1. The molecule has 0 aliphatic rings. The summed E-state index contributed by atoms with van der Waals surface area (Å²) in [6.45, 7) is -0.796. The molecule has 0 fully saturated rings. The van der Waals surface area contributed by atoms with E-state index in [1.165, 1.54) is 27.4 Å². The van der Waals surface area contributed by atoms with Crippen LogP contribution in [-0.2, 0) is 11.3 Å². The highest BCUT2D eigenvalue weighted by Gasteiger charge is 2.22. The zero-order valence-corrected chi connectivity index (χ0v) is 16.2. The topological polar surface area (TPSA) is 49.0 Å². The van der Waals surface area contributed by atoms with Crippen LogP contribution in [0.1, 0.15) is 24.2 Å². The van der Waals surface area contributed by atoms with Gasteiger partial charge in [-0.25, -0.2) is 4.39 Å². The van der Waals surface area contributed by atoms with E-state index in [1.807, 2.05) is 6.92 Å². The van der Waals surface area contributed by atoms with Gasteiger partial charge in [-0.3, -0.25) is 0 Å². The third-order valence-corrected chi connectivity index (χ3v) is 4.28. The fraction of sp³-hybridized carbons (Fsp3) is 0.400. The van der Waals surface area contributed by atoms with Crippen LogP contribution in [0.2, 0.25) is 0 Å². The van der Waals surface area contributed by atoms with Crippen LogP contribution >= 0.6 is 0 Å². The molecule has 0 saturated heterocycles. The van der Waals surface area contributed by atoms with E-state index in [0.29, 0.717) is 17.7 Å². The van der Waals surface area contributed by atoms with Crippen molar-refractivity contribution in [1.29, 1.82) is 0 Å². The van der Waals surface area contributed by atoms with Gasteiger partial charge in [-0.15, -0.1) is 0 Å². The molecular weight excluding hydrogens is 375 g/mol. The molecule has 0 aliphatic heterocycles. The molecule has 0 aliphatic carbocycles. The van der Waals surface area contributed by atoms with Crippen molar-refractivity contribution in [2.75, 3.05) is 21.3 Å². The number of methoxy groups -OCH3 is 3. The number of nitrogens with one attached hydrogen (secondary N) is 1. The van der Waals surface area contributed by atoms with Gasteiger partial charge in [0.1, 0.15) is 5.82 Å². The summed E-state index contributed by atoms with van der Waals surface area (Å²) in [6, 6.07) is 9.32. The van der Waals surface area contributed by atoms with Gasteiger partial charge in [0.2, 0.25) is 5.75 Å². The van der Waals surface area contributed by atoms with Crippen LogP contribution in [0.25, 0.3) is 0 Å². The van der Waals surface area contributed by atoms with Crippen LogP contribution in [0, 0.1) is 5.82 Å². The molecule has 0 heterocycles. The molecule has 2 atom stereocenters. The Balaban J connectivity index is 2.17. The fourth-order valence-corrected chi connectivity index (χ4v) is 2.93. The Bertz CT molecular complexity index is 748. The molecule has 5 nitrogen and oxygen atoms in total. The zero-order valence-electron chi connectivity index (χ0n) is 16.2. The first-order valence-corrected chi connectivity index (χ1v) is 8.61. The summed E-state index contributed by atoms with van der Waals surface area (Å²) < 4.78 is 59.6. The van der Waals surface area contributed by atoms with Gasteiger partial charge in [-0.05, 0) is 30.7 Å². The predicted octanol–water partition coefficient (Wildman–Crippen LogP) is 4.31. The highest BCUT2D eigenvalue weighted by Crippen LogP contribution is 2.39. The van der Waals surface area contributed by atoms with Gasteiger partial charge in [0.15, 0.2) is 11.5 Å². The van der Waals surface area contributed by atoms with Crippen molar-refractivity contribution in [3.63, 3.8) is 0 Å². The van der Waals surface area contributed by atoms with Gasteiger partial charge in [0.25, 0.3) is 0 Å². The molecule has 154 valence electrons. The highest BCUT2D eigenvalue weighted by atomic mass is 19.3. The summed E-state index contributed by atoms with van der Waals surface area (Å²) in [6.07, 6.45) is -0.508. The maximum Gasteiger partial charge on any atom is 0.387 e. The molecule has 0 spiro atoms. The first-order chi connectivity index (χ1) is 13.4. The number of hydrogen-bond acceptors (Lipinski definition) is 5. The minimum atomic E-state index is -3.00. The predicted molar refractivity (Wildman–Crippen MR) is 98.6 cm³/mol. The zero-order chi connectivity index (χ0) is 20.7. The summed E-state index contributed by atoms with van der Waals surface area (Å²) in [4.78, 5) is 0. The van der Waals surface area contributed by atoms with Crippen LogP contribution in [0.4, 0.5) is 13.2 Å². The lowest BCUT2D eigenvalue weighted by molar-refractivity contribution is -0.0526. The minimum absolute atomic E-state index is 0.126. The molecule has 8 heteroatoms. The third-order valence-electron chi connectivity index (χ3n) is 4.28. The quantitative estimate of drug-likeness (QED) is 0.645. The standard InChI is InChI=1S/C20H24F3NO4/c1-12(18(27-4)14-7-5-6-8-15(14)21)24-11-13-9-16(25-2)19(28-20(22)23)17(10-13)26-3/h5-10,12,18,20,24H,11H2,1-4H3/t12-,18+/m0/s1. The van der Waals surface area contributed by atoms with Crippen molar-refractivity contribution < 1.29 is 32.1 Å². The second-order valence-electron chi connectivity index (χ2n) is 6.06. The Kier molecular flexibility index (Phi) is 7.95. The van der Waals surface area contributed by atoms with Crippen molar-refractivity contribution in [2.24, 2.45) is 0 Å². The Morgan fingerprint density at radius 3 is 2.11 bits per heavy atom. The van der Waals surface area contributed by atoms with E-state index in [9.17, 15) is 13.2 Å². The molecule has 0 radical (unpaired) electrons. The summed E-state index contributed by atoms with van der Waals surface area (Å²) in [5, 5.41) is 3.25. The molecule has 0 bridgehead atoms. The average Bonchev–Trinajstić information content (AvgIpc) is 2.68. The Hall–Kier alpha value is -2.45. The SMILES string of the molecule is COc1cc(CN[C@@H](C)[C@@H](OC)c2ccccc2F)cc(OC)c1OC(F)F. The van der Waals surface area contributed by atoms with E-state index in [2.05, 4.69) is 10.1 Å². The number of halogens is 3. The molecule has 0 amide bonds. The monoisotopic (exact) mass is 399 g/mol. The van der Waals surface area contributed by atoms with E-state index < -0.39 is 12.7 Å². The number of ether oxygens (including phenoxy) is 4. The lowest BCUT2D eigenvalue weighted by Crippen LogP contribution is -2.33. The van der Waals surface area contributed by atoms with Crippen LogP contribution in [0.15, 0.2) is 36.4 Å². The number of alkyl halides is 2. The summed E-state index contributed by atoms with van der Waals surface area (Å²) >= 11 is 0. The maximum absolute atomic E-state index is 14.1. The van der Waals surface area contributed by atoms with Crippen LogP contribution in [-0.4, -0.2) is 34.0 Å². The van der Waals surface area contributed by atoms with Crippen LogP contribution in [0.3, 0.4) is 0 Å². The fourth-order valence-electron chi connectivity index (χ4n) is 2.93. The van der Waals surface area contributed by atoms with Gasteiger partial charge in [-0.2, -0.15) is 8.78 Å². The van der Waals surface area contributed by atoms with Gasteiger partial charge in [0.05, 0.1) is 20.3 Å².